The second-order valence-corrected chi connectivity index (χ2v) is 11.5. The lowest BCUT2D eigenvalue weighted by atomic mass is 10.1. The molecular formula is C30H37N3O4S. The minimum absolute atomic E-state index is 0.0524. The predicted octanol–water partition coefficient (Wildman–Crippen LogP) is 4.83. The van der Waals surface area contributed by atoms with E-state index >= 15 is 0 Å². The Labute approximate surface area is 226 Å². The standard InChI is InChI=1S/C30H37N3O4S/c1-6-24(4)31-30(35)25(5)32(20-26-12-10-11-23(3)19-26)29(34)21-33(27-17-15-22(2)16-18-27)38(36,37)28-13-8-7-9-14-28/h7-19,24-25H,6,20-21H2,1-5H3,(H,31,35)/t24-,25+/m1/s1. The molecule has 0 saturated carbocycles. The molecule has 0 spiro atoms. The molecule has 0 bridgehead atoms. The lowest BCUT2D eigenvalue weighted by Crippen LogP contribution is -2.52. The Morgan fingerprint density at radius 1 is 0.868 bits per heavy atom. The average Bonchev–Trinajstić information content (AvgIpc) is 2.90. The first-order valence-corrected chi connectivity index (χ1v) is 14.3. The van der Waals surface area contributed by atoms with Gasteiger partial charge in [-0.1, -0.05) is 72.6 Å². The fraction of sp³-hybridized carbons (Fsp3) is 0.333. The fourth-order valence-electron chi connectivity index (χ4n) is 4.01. The van der Waals surface area contributed by atoms with Gasteiger partial charge in [0.05, 0.1) is 10.6 Å². The van der Waals surface area contributed by atoms with Crippen LogP contribution in [0.25, 0.3) is 0 Å². The minimum atomic E-state index is -4.06. The van der Waals surface area contributed by atoms with Crippen LogP contribution in [0.1, 0.15) is 43.9 Å². The molecular weight excluding hydrogens is 498 g/mol. The van der Waals surface area contributed by atoms with Gasteiger partial charge in [-0.05, 0) is 63.9 Å². The van der Waals surface area contributed by atoms with Crippen molar-refractivity contribution in [3.63, 3.8) is 0 Å². The summed E-state index contributed by atoms with van der Waals surface area (Å²) in [6, 6.07) is 21.9. The number of amides is 2. The van der Waals surface area contributed by atoms with Crippen LogP contribution in [0.5, 0.6) is 0 Å². The molecule has 0 aromatic heterocycles. The van der Waals surface area contributed by atoms with Gasteiger partial charge in [-0.15, -0.1) is 0 Å². The number of hydrogen-bond donors (Lipinski definition) is 1. The summed E-state index contributed by atoms with van der Waals surface area (Å²) in [6.07, 6.45) is 0.751. The van der Waals surface area contributed by atoms with Crippen molar-refractivity contribution in [2.75, 3.05) is 10.8 Å². The summed E-state index contributed by atoms with van der Waals surface area (Å²) in [5.41, 5.74) is 3.22. The highest BCUT2D eigenvalue weighted by Gasteiger charge is 2.32. The van der Waals surface area contributed by atoms with Gasteiger partial charge in [0.25, 0.3) is 10.0 Å². The van der Waals surface area contributed by atoms with E-state index in [2.05, 4.69) is 5.32 Å². The van der Waals surface area contributed by atoms with Crippen molar-refractivity contribution in [1.29, 1.82) is 0 Å². The number of aryl methyl sites for hydroxylation is 2. The number of anilines is 1. The molecule has 202 valence electrons. The molecule has 0 unspecified atom stereocenters. The van der Waals surface area contributed by atoms with Crippen LogP contribution in [-0.4, -0.2) is 43.8 Å². The zero-order valence-corrected chi connectivity index (χ0v) is 23.5. The van der Waals surface area contributed by atoms with Gasteiger partial charge in [0.2, 0.25) is 11.8 Å². The van der Waals surface area contributed by atoms with Gasteiger partial charge in [-0.3, -0.25) is 13.9 Å². The second-order valence-electron chi connectivity index (χ2n) is 9.66. The van der Waals surface area contributed by atoms with Crippen LogP contribution in [0.15, 0.2) is 83.8 Å². The maximum absolute atomic E-state index is 13.9. The first-order chi connectivity index (χ1) is 18.0. The van der Waals surface area contributed by atoms with E-state index in [-0.39, 0.29) is 23.4 Å². The summed E-state index contributed by atoms with van der Waals surface area (Å²) >= 11 is 0. The molecule has 3 rings (SSSR count). The lowest BCUT2D eigenvalue weighted by molar-refractivity contribution is -0.139. The molecule has 0 aliphatic carbocycles. The highest BCUT2D eigenvalue weighted by molar-refractivity contribution is 7.92. The summed E-state index contributed by atoms with van der Waals surface area (Å²) in [6.45, 7) is 9.14. The molecule has 3 aromatic carbocycles. The average molecular weight is 536 g/mol. The summed E-state index contributed by atoms with van der Waals surface area (Å²) in [5, 5.41) is 2.94. The monoisotopic (exact) mass is 535 g/mol. The lowest BCUT2D eigenvalue weighted by Gasteiger charge is -2.32. The molecule has 1 N–H and O–H groups in total. The number of carbonyl (C=O) groups is 2. The topological polar surface area (TPSA) is 86.8 Å². The normalized spacial score (nSPS) is 12.9. The third-order valence-electron chi connectivity index (χ3n) is 6.54. The molecule has 2 amide bonds. The molecule has 0 aliphatic rings. The van der Waals surface area contributed by atoms with Crippen molar-refractivity contribution >= 4 is 27.5 Å². The van der Waals surface area contributed by atoms with E-state index in [0.29, 0.717) is 5.69 Å². The van der Waals surface area contributed by atoms with E-state index in [1.165, 1.54) is 17.0 Å². The van der Waals surface area contributed by atoms with Crippen molar-refractivity contribution in [3.8, 4) is 0 Å². The Kier molecular flexibility index (Phi) is 9.69. The molecule has 38 heavy (non-hydrogen) atoms. The zero-order valence-electron chi connectivity index (χ0n) is 22.7. The number of carbonyl (C=O) groups excluding carboxylic acids is 2. The number of benzene rings is 3. The van der Waals surface area contributed by atoms with Gasteiger partial charge in [0, 0.05) is 12.6 Å². The van der Waals surface area contributed by atoms with Crippen LogP contribution in [0.2, 0.25) is 0 Å². The van der Waals surface area contributed by atoms with E-state index < -0.39 is 28.5 Å². The molecule has 0 radical (unpaired) electrons. The largest absolute Gasteiger partial charge is 0.352 e. The molecule has 3 aromatic rings. The van der Waals surface area contributed by atoms with Crippen LogP contribution < -0.4 is 9.62 Å². The highest BCUT2D eigenvalue weighted by atomic mass is 32.2. The number of sulfonamides is 1. The van der Waals surface area contributed by atoms with Crippen molar-refractivity contribution in [1.82, 2.24) is 10.2 Å². The van der Waals surface area contributed by atoms with E-state index in [1.54, 1.807) is 49.4 Å². The summed E-state index contributed by atoms with van der Waals surface area (Å²) in [7, 11) is -4.06. The first kappa shape index (κ1) is 28.9. The number of rotatable bonds is 11. The van der Waals surface area contributed by atoms with Gasteiger partial charge >= 0.3 is 0 Å². The Morgan fingerprint density at radius 2 is 1.53 bits per heavy atom. The Bertz CT molecular complexity index is 1340. The van der Waals surface area contributed by atoms with Crippen molar-refractivity contribution < 1.29 is 18.0 Å². The first-order valence-electron chi connectivity index (χ1n) is 12.8. The van der Waals surface area contributed by atoms with Crippen LogP contribution in [0.3, 0.4) is 0 Å². The second kappa shape index (κ2) is 12.7. The number of nitrogens with zero attached hydrogens (tertiary/aromatic N) is 2. The number of nitrogens with one attached hydrogen (secondary N) is 1. The molecule has 0 fully saturated rings. The summed E-state index contributed by atoms with van der Waals surface area (Å²) in [5.74, 6) is -0.758. The quantitative estimate of drug-likeness (QED) is 0.381. The molecule has 0 heterocycles. The summed E-state index contributed by atoms with van der Waals surface area (Å²) < 4.78 is 28.6. The maximum Gasteiger partial charge on any atom is 0.264 e. The van der Waals surface area contributed by atoms with E-state index in [1.807, 2.05) is 52.0 Å². The van der Waals surface area contributed by atoms with Gasteiger partial charge in [-0.25, -0.2) is 8.42 Å². The van der Waals surface area contributed by atoms with Crippen LogP contribution in [0, 0.1) is 13.8 Å². The maximum atomic E-state index is 13.9. The Hall–Kier alpha value is -3.65. The third kappa shape index (κ3) is 7.22. The number of hydrogen-bond acceptors (Lipinski definition) is 4. The van der Waals surface area contributed by atoms with E-state index in [4.69, 9.17) is 0 Å². The van der Waals surface area contributed by atoms with Crippen LogP contribution in [0.4, 0.5) is 5.69 Å². The van der Waals surface area contributed by atoms with E-state index in [0.717, 1.165) is 27.4 Å². The predicted molar refractivity (Wildman–Crippen MR) is 151 cm³/mol. The SMILES string of the molecule is CC[C@@H](C)NC(=O)[C@H](C)N(Cc1cccc(C)c1)C(=O)CN(c1ccc(C)cc1)S(=O)(=O)c1ccccc1. The summed E-state index contributed by atoms with van der Waals surface area (Å²) in [4.78, 5) is 28.5. The van der Waals surface area contributed by atoms with Crippen LogP contribution >= 0.6 is 0 Å². The van der Waals surface area contributed by atoms with Gasteiger partial charge < -0.3 is 10.2 Å². The minimum Gasteiger partial charge on any atom is -0.352 e. The van der Waals surface area contributed by atoms with Gasteiger partial charge in [-0.2, -0.15) is 0 Å². The molecule has 0 aliphatic heterocycles. The third-order valence-corrected chi connectivity index (χ3v) is 8.32. The van der Waals surface area contributed by atoms with Crippen molar-refractivity contribution in [3.05, 3.63) is 95.6 Å². The van der Waals surface area contributed by atoms with Crippen molar-refractivity contribution in [2.45, 2.75) is 64.6 Å². The Balaban J connectivity index is 2.01. The molecule has 0 saturated heterocycles. The van der Waals surface area contributed by atoms with Gasteiger partial charge in [0.15, 0.2) is 0 Å². The molecule has 7 nitrogen and oxygen atoms in total. The zero-order chi connectivity index (χ0) is 27.9. The Morgan fingerprint density at radius 3 is 2.13 bits per heavy atom. The van der Waals surface area contributed by atoms with E-state index in [9.17, 15) is 18.0 Å². The van der Waals surface area contributed by atoms with Gasteiger partial charge in [0.1, 0.15) is 12.6 Å². The van der Waals surface area contributed by atoms with Crippen LogP contribution in [-0.2, 0) is 26.2 Å². The fourth-order valence-corrected chi connectivity index (χ4v) is 5.45. The van der Waals surface area contributed by atoms with Crippen molar-refractivity contribution in [2.24, 2.45) is 0 Å². The smallest absolute Gasteiger partial charge is 0.264 e. The molecule has 8 heteroatoms. The highest BCUT2D eigenvalue weighted by Crippen LogP contribution is 2.25. The molecule has 2 atom stereocenters.